The highest BCUT2D eigenvalue weighted by molar-refractivity contribution is 6.30. The second-order valence-corrected chi connectivity index (χ2v) is 2.92. The van der Waals surface area contributed by atoms with Gasteiger partial charge in [-0.25, -0.2) is 0 Å². The molecule has 1 aromatic carbocycles. The monoisotopic (exact) mass is 166 g/mol. The number of hydrogen-bond acceptors (Lipinski definition) is 0. The molecule has 1 aromatic rings. The lowest BCUT2D eigenvalue weighted by Gasteiger charge is -1.99. The van der Waals surface area contributed by atoms with E-state index >= 15 is 0 Å². The third-order valence-electron chi connectivity index (χ3n) is 1.71. The normalized spacial score (nSPS) is 11.7. The second kappa shape index (κ2) is 3.59. The van der Waals surface area contributed by atoms with Crippen molar-refractivity contribution >= 4 is 17.2 Å². The number of allylic oxidation sites excluding steroid dienone is 2. The van der Waals surface area contributed by atoms with Gasteiger partial charge < -0.3 is 0 Å². The van der Waals surface area contributed by atoms with Crippen LogP contribution in [-0.4, -0.2) is 0 Å². The second-order valence-electron chi connectivity index (χ2n) is 2.48. The Morgan fingerprint density at radius 2 is 2.18 bits per heavy atom. The quantitative estimate of drug-likeness (QED) is 0.596. The predicted molar refractivity (Wildman–Crippen MR) is 50.8 cm³/mol. The van der Waals surface area contributed by atoms with Crippen LogP contribution in [0.3, 0.4) is 0 Å². The molecule has 1 heteroatoms. The molecule has 0 N–H and O–H groups in total. The van der Waals surface area contributed by atoms with Gasteiger partial charge in [0.25, 0.3) is 0 Å². The molecule has 0 unspecified atom stereocenters. The summed E-state index contributed by atoms with van der Waals surface area (Å²) in [6.07, 6.45) is 2.08. The maximum Gasteiger partial charge on any atom is 0.0412 e. The first-order valence-corrected chi connectivity index (χ1v) is 4.00. The molecule has 0 atom stereocenters. The highest BCUT2D eigenvalue weighted by Crippen LogP contribution is 2.17. The lowest BCUT2D eigenvalue weighted by atomic mass is 10.1. The Balaban J connectivity index is 3.06. The van der Waals surface area contributed by atoms with Crippen LogP contribution >= 0.6 is 11.6 Å². The van der Waals surface area contributed by atoms with E-state index in [-0.39, 0.29) is 0 Å². The molecule has 0 bridgehead atoms. The average molecular weight is 167 g/mol. The summed E-state index contributed by atoms with van der Waals surface area (Å²) in [4.78, 5) is 0. The first-order valence-electron chi connectivity index (χ1n) is 3.63. The molecule has 0 heterocycles. The average Bonchev–Trinajstić information content (AvgIpc) is 2.03. The van der Waals surface area contributed by atoms with Crippen LogP contribution in [0.25, 0.3) is 5.57 Å². The van der Waals surface area contributed by atoms with Crippen molar-refractivity contribution in [3.05, 3.63) is 40.9 Å². The molecule has 1 rings (SSSR count). The first-order chi connectivity index (χ1) is 5.24. The Morgan fingerprint density at radius 3 is 2.73 bits per heavy atom. The van der Waals surface area contributed by atoms with Crippen molar-refractivity contribution < 1.29 is 0 Å². The van der Waals surface area contributed by atoms with E-state index in [4.69, 9.17) is 11.6 Å². The van der Waals surface area contributed by atoms with Crippen molar-refractivity contribution in [2.75, 3.05) is 0 Å². The van der Waals surface area contributed by atoms with Crippen LogP contribution in [0.1, 0.15) is 19.4 Å². The Hall–Kier alpha value is -0.750. The van der Waals surface area contributed by atoms with Gasteiger partial charge in [0.1, 0.15) is 0 Å². The van der Waals surface area contributed by atoms with Gasteiger partial charge in [-0.3, -0.25) is 0 Å². The lowest BCUT2D eigenvalue weighted by Crippen LogP contribution is -1.77. The van der Waals surface area contributed by atoms with Gasteiger partial charge in [-0.1, -0.05) is 29.8 Å². The van der Waals surface area contributed by atoms with Crippen LogP contribution < -0.4 is 0 Å². The van der Waals surface area contributed by atoms with E-state index in [1.54, 1.807) is 0 Å². The van der Waals surface area contributed by atoms with Gasteiger partial charge in [-0.05, 0) is 37.1 Å². The fourth-order valence-corrected chi connectivity index (χ4v) is 1.09. The molecule has 0 spiro atoms. The predicted octanol–water partition coefficient (Wildman–Crippen LogP) is 3.76. The molecule has 0 amide bonds. The number of benzene rings is 1. The van der Waals surface area contributed by atoms with Crippen LogP contribution in [-0.2, 0) is 0 Å². The van der Waals surface area contributed by atoms with Crippen LogP contribution in [0.2, 0.25) is 5.02 Å². The van der Waals surface area contributed by atoms with Gasteiger partial charge >= 0.3 is 0 Å². The summed E-state index contributed by atoms with van der Waals surface area (Å²) in [6.45, 7) is 4.10. The van der Waals surface area contributed by atoms with Crippen molar-refractivity contribution in [1.82, 2.24) is 0 Å². The summed E-state index contributed by atoms with van der Waals surface area (Å²) >= 11 is 5.82. The molecule has 11 heavy (non-hydrogen) atoms. The summed E-state index contributed by atoms with van der Waals surface area (Å²) in [7, 11) is 0. The van der Waals surface area contributed by atoms with E-state index in [9.17, 15) is 0 Å². The van der Waals surface area contributed by atoms with Crippen LogP contribution in [0.15, 0.2) is 30.3 Å². The van der Waals surface area contributed by atoms with Crippen LogP contribution in [0.5, 0.6) is 0 Å². The fourth-order valence-electron chi connectivity index (χ4n) is 0.900. The van der Waals surface area contributed by atoms with E-state index in [1.807, 2.05) is 25.1 Å². The molecule has 0 aliphatic rings. The first kappa shape index (κ1) is 8.35. The summed E-state index contributed by atoms with van der Waals surface area (Å²) < 4.78 is 0. The van der Waals surface area contributed by atoms with Gasteiger partial charge in [0.2, 0.25) is 0 Å². The number of hydrogen-bond donors (Lipinski definition) is 0. The van der Waals surface area contributed by atoms with Crippen LogP contribution in [0.4, 0.5) is 0 Å². The van der Waals surface area contributed by atoms with Gasteiger partial charge in [0.15, 0.2) is 0 Å². The van der Waals surface area contributed by atoms with Crippen LogP contribution in [0, 0.1) is 0 Å². The maximum atomic E-state index is 5.82. The summed E-state index contributed by atoms with van der Waals surface area (Å²) in [5, 5.41) is 0.795. The van der Waals surface area contributed by atoms with Crippen molar-refractivity contribution in [3.8, 4) is 0 Å². The topological polar surface area (TPSA) is 0 Å². The Morgan fingerprint density at radius 1 is 1.45 bits per heavy atom. The number of rotatable bonds is 1. The van der Waals surface area contributed by atoms with Gasteiger partial charge in [-0.15, -0.1) is 0 Å². The minimum atomic E-state index is 0.795. The zero-order valence-corrected chi connectivity index (χ0v) is 7.52. The van der Waals surface area contributed by atoms with E-state index in [2.05, 4.69) is 19.1 Å². The third kappa shape index (κ3) is 2.09. The largest absolute Gasteiger partial charge is 0.0843 e. The molecule has 0 saturated carbocycles. The molecule has 0 radical (unpaired) electrons. The molecular formula is C10H11Cl. The third-order valence-corrected chi connectivity index (χ3v) is 1.95. The highest BCUT2D eigenvalue weighted by Gasteiger charge is 1.93. The van der Waals surface area contributed by atoms with Gasteiger partial charge in [-0.2, -0.15) is 0 Å². The molecular weight excluding hydrogens is 156 g/mol. The fraction of sp³-hybridized carbons (Fsp3) is 0.200. The summed E-state index contributed by atoms with van der Waals surface area (Å²) in [5.74, 6) is 0. The molecule has 0 saturated heterocycles. The minimum Gasteiger partial charge on any atom is -0.0843 e. The zero-order valence-electron chi connectivity index (χ0n) is 6.76. The highest BCUT2D eigenvalue weighted by atomic mass is 35.5. The number of halogens is 1. The van der Waals surface area contributed by atoms with Crippen molar-refractivity contribution in [2.24, 2.45) is 0 Å². The van der Waals surface area contributed by atoms with Gasteiger partial charge in [0, 0.05) is 5.02 Å². The molecule has 0 aromatic heterocycles. The summed E-state index contributed by atoms with van der Waals surface area (Å²) in [6, 6.07) is 7.87. The SMILES string of the molecule is CC=C(C)c1cccc(Cl)c1. The Labute approximate surface area is 72.5 Å². The van der Waals surface area contributed by atoms with E-state index in [1.165, 1.54) is 11.1 Å². The summed E-state index contributed by atoms with van der Waals surface area (Å²) in [5.41, 5.74) is 2.45. The lowest BCUT2D eigenvalue weighted by molar-refractivity contribution is 1.54. The molecule has 0 aliphatic heterocycles. The Kier molecular flexibility index (Phi) is 2.72. The molecule has 0 fully saturated rings. The maximum absolute atomic E-state index is 5.82. The molecule has 0 aliphatic carbocycles. The van der Waals surface area contributed by atoms with Gasteiger partial charge in [0.05, 0.1) is 0 Å². The van der Waals surface area contributed by atoms with E-state index < -0.39 is 0 Å². The van der Waals surface area contributed by atoms with Crippen molar-refractivity contribution in [2.45, 2.75) is 13.8 Å². The zero-order chi connectivity index (χ0) is 8.27. The smallest absolute Gasteiger partial charge is 0.0412 e. The van der Waals surface area contributed by atoms with Crippen molar-refractivity contribution in [1.29, 1.82) is 0 Å². The van der Waals surface area contributed by atoms with Crippen molar-refractivity contribution in [3.63, 3.8) is 0 Å². The minimum absolute atomic E-state index is 0.795. The van der Waals surface area contributed by atoms with E-state index in [0.29, 0.717) is 0 Å². The van der Waals surface area contributed by atoms with E-state index in [0.717, 1.165) is 5.02 Å². The Bertz CT molecular complexity index is 274. The standard InChI is InChI=1S/C10H11Cl/c1-3-8(2)9-5-4-6-10(11)7-9/h3-7H,1-2H3. The molecule has 58 valence electrons. The molecule has 0 nitrogen and oxygen atoms in total.